The van der Waals surface area contributed by atoms with Crippen LogP contribution in [0.1, 0.15) is 16.5 Å². The Labute approximate surface area is 92.7 Å². The Hall–Kier alpha value is -2.01. The fourth-order valence-electron chi connectivity index (χ4n) is 1.45. The lowest BCUT2D eigenvalue weighted by Gasteiger charge is -2.13. The monoisotopic (exact) mass is 217 g/mol. The Morgan fingerprint density at radius 2 is 2.12 bits per heavy atom. The van der Waals surface area contributed by atoms with E-state index in [0.29, 0.717) is 0 Å². The minimum atomic E-state index is -0.650. The van der Waals surface area contributed by atoms with Crippen molar-refractivity contribution in [3.05, 3.63) is 48.5 Å². The van der Waals surface area contributed by atoms with E-state index in [2.05, 4.69) is 10.1 Å². The number of rotatable bonds is 3. The van der Waals surface area contributed by atoms with Gasteiger partial charge in [-0.15, -0.1) is 0 Å². The topological polar surface area (TPSA) is 57.0 Å². The number of ether oxygens (including phenoxy) is 1. The molecule has 0 amide bonds. The summed E-state index contributed by atoms with van der Waals surface area (Å²) in [6.45, 7) is 0. The van der Waals surface area contributed by atoms with Gasteiger partial charge in [-0.2, -0.15) is 9.78 Å². The van der Waals surface area contributed by atoms with Crippen LogP contribution in [0.4, 0.5) is 0 Å². The molecular weight excluding hydrogens is 206 g/mol. The minimum Gasteiger partial charge on any atom is -0.367 e. The first-order valence-corrected chi connectivity index (χ1v) is 4.79. The number of nitrogens with zero attached hydrogens (tertiary/aromatic N) is 3. The Balaban J connectivity index is 2.27. The third-order valence-corrected chi connectivity index (χ3v) is 2.21. The van der Waals surface area contributed by atoms with E-state index < -0.39 is 6.10 Å². The molecule has 0 aliphatic heterocycles. The number of carbonyl (C=O) groups excluding carboxylic acids is 1. The number of hydrogen-bond acceptors (Lipinski definition) is 4. The van der Waals surface area contributed by atoms with Crippen LogP contribution >= 0.6 is 0 Å². The summed E-state index contributed by atoms with van der Waals surface area (Å²) in [6, 6.07) is 9.27. The molecule has 1 atom stereocenters. The maximum absolute atomic E-state index is 12.0. The molecule has 5 nitrogen and oxygen atoms in total. The molecule has 5 heteroatoms. The van der Waals surface area contributed by atoms with Gasteiger partial charge in [0.05, 0.1) is 0 Å². The fraction of sp³-hybridized carbons (Fsp3) is 0.182. The van der Waals surface area contributed by atoms with Crippen molar-refractivity contribution in [2.45, 2.75) is 6.10 Å². The Kier molecular flexibility index (Phi) is 3.07. The van der Waals surface area contributed by atoms with Crippen LogP contribution < -0.4 is 0 Å². The molecule has 0 N–H and O–H groups in total. The average Bonchev–Trinajstić information content (AvgIpc) is 2.85. The molecule has 0 spiro atoms. The lowest BCUT2D eigenvalue weighted by Crippen LogP contribution is -2.22. The molecule has 0 aliphatic carbocycles. The molecule has 1 aromatic heterocycles. The number of aromatic nitrogens is 3. The zero-order valence-corrected chi connectivity index (χ0v) is 8.78. The van der Waals surface area contributed by atoms with Crippen LogP contribution in [0, 0.1) is 0 Å². The van der Waals surface area contributed by atoms with Crippen LogP contribution in [0.2, 0.25) is 0 Å². The van der Waals surface area contributed by atoms with Crippen molar-refractivity contribution in [3.63, 3.8) is 0 Å². The molecule has 2 aromatic rings. The van der Waals surface area contributed by atoms with E-state index in [1.54, 1.807) is 0 Å². The second-order valence-electron chi connectivity index (χ2n) is 3.20. The Bertz CT molecular complexity index is 453. The zero-order valence-electron chi connectivity index (χ0n) is 8.78. The predicted octanol–water partition coefficient (Wildman–Crippen LogP) is 1.31. The summed E-state index contributed by atoms with van der Waals surface area (Å²) in [5.41, 5.74) is 0.797. The largest absolute Gasteiger partial charge is 0.367 e. The molecule has 1 aromatic carbocycles. The molecular formula is C11H11N3O2. The summed E-state index contributed by atoms with van der Waals surface area (Å²) in [5, 5.41) is 3.79. The standard InChI is InChI=1S/C11H11N3O2/c1-16-10(9-5-3-2-4-6-9)11(15)14-8-12-7-13-14/h2-8,10H,1H3. The Morgan fingerprint density at radius 1 is 1.38 bits per heavy atom. The van der Waals surface area contributed by atoms with Crippen LogP contribution in [0.5, 0.6) is 0 Å². The SMILES string of the molecule is COC(C(=O)n1cncn1)c1ccccc1. The van der Waals surface area contributed by atoms with Gasteiger partial charge in [-0.1, -0.05) is 30.3 Å². The summed E-state index contributed by atoms with van der Waals surface area (Å²) >= 11 is 0. The van der Waals surface area contributed by atoms with Crippen molar-refractivity contribution in [1.29, 1.82) is 0 Å². The Morgan fingerprint density at radius 3 is 2.69 bits per heavy atom. The molecule has 0 bridgehead atoms. The van der Waals surface area contributed by atoms with Crippen LogP contribution in [-0.2, 0) is 4.74 Å². The maximum atomic E-state index is 12.0. The van der Waals surface area contributed by atoms with Crippen LogP contribution in [0.15, 0.2) is 43.0 Å². The van der Waals surface area contributed by atoms with E-state index in [4.69, 9.17) is 4.74 Å². The molecule has 1 unspecified atom stereocenters. The smallest absolute Gasteiger partial charge is 0.282 e. The zero-order chi connectivity index (χ0) is 11.4. The van der Waals surface area contributed by atoms with Gasteiger partial charge in [-0.3, -0.25) is 4.79 Å². The lowest BCUT2D eigenvalue weighted by atomic mass is 10.1. The molecule has 0 aliphatic rings. The van der Waals surface area contributed by atoms with Gasteiger partial charge >= 0.3 is 0 Å². The molecule has 0 saturated carbocycles. The van der Waals surface area contributed by atoms with E-state index in [1.807, 2.05) is 30.3 Å². The van der Waals surface area contributed by atoms with E-state index >= 15 is 0 Å². The number of hydrogen-bond donors (Lipinski definition) is 0. The number of benzene rings is 1. The second-order valence-corrected chi connectivity index (χ2v) is 3.20. The van der Waals surface area contributed by atoms with E-state index in [1.165, 1.54) is 24.4 Å². The summed E-state index contributed by atoms with van der Waals surface area (Å²) in [5.74, 6) is -0.258. The summed E-state index contributed by atoms with van der Waals surface area (Å²) in [6.07, 6.45) is 2.02. The van der Waals surface area contributed by atoms with Crippen molar-refractivity contribution >= 4 is 5.91 Å². The number of methoxy groups -OCH3 is 1. The van der Waals surface area contributed by atoms with Crippen LogP contribution in [0.3, 0.4) is 0 Å². The molecule has 1 heterocycles. The van der Waals surface area contributed by atoms with Gasteiger partial charge in [0.1, 0.15) is 12.7 Å². The molecule has 0 fully saturated rings. The van der Waals surface area contributed by atoms with Gasteiger partial charge in [0.2, 0.25) is 0 Å². The van der Waals surface area contributed by atoms with Crippen LogP contribution in [0.25, 0.3) is 0 Å². The molecule has 2 rings (SSSR count). The molecule has 0 radical (unpaired) electrons. The van der Waals surface area contributed by atoms with Gasteiger partial charge in [0.25, 0.3) is 5.91 Å². The van der Waals surface area contributed by atoms with Crippen molar-refractivity contribution in [2.75, 3.05) is 7.11 Å². The minimum absolute atomic E-state index is 0.258. The molecule has 16 heavy (non-hydrogen) atoms. The van der Waals surface area contributed by atoms with Gasteiger partial charge < -0.3 is 4.74 Å². The average molecular weight is 217 g/mol. The first-order valence-electron chi connectivity index (χ1n) is 4.79. The van der Waals surface area contributed by atoms with Crippen molar-refractivity contribution in [3.8, 4) is 0 Å². The quantitative estimate of drug-likeness (QED) is 0.777. The van der Waals surface area contributed by atoms with Crippen LogP contribution in [-0.4, -0.2) is 27.8 Å². The third kappa shape index (κ3) is 1.99. The number of carbonyl (C=O) groups is 1. The summed E-state index contributed by atoms with van der Waals surface area (Å²) < 4.78 is 6.35. The molecule has 82 valence electrons. The highest BCUT2D eigenvalue weighted by Gasteiger charge is 2.21. The molecule has 0 saturated heterocycles. The first-order chi connectivity index (χ1) is 7.83. The first kappa shape index (κ1) is 10.5. The summed E-state index contributed by atoms with van der Waals surface area (Å²) in [7, 11) is 1.49. The van der Waals surface area contributed by atoms with Crippen molar-refractivity contribution in [1.82, 2.24) is 14.8 Å². The predicted molar refractivity (Wildman–Crippen MR) is 56.8 cm³/mol. The normalized spacial score (nSPS) is 12.3. The van der Waals surface area contributed by atoms with Crippen molar-refractivity contribution < 1.29 is 9.53 Å². The third-order valence-electron chi connectivity index (χ3n) is 2.21. The second kappa shape index (κ2) is 4.67. The van der Waals surface area contributed by atoms with Gasteiger partial charge in [-0.25, -0.2) is 4.98 Å². The van der Waals surface area contributed by atoms with Gasteiger partial charge in [0, 0.05) is 7.11 Å². The van der Waals surface area contributed by atoms with E-state index in [9.17, 15) is 4.79 Å². The summed E-state index contributed by atoms with van der Waals surface area (Å²) in [4.78, 5) is 15.7. The van der Waals surface area contributed by atoms with E-state index in [-0.39, 0.29) is 5.91 Å². The van der Waals surface area contributed by atoms with Gasteiger partial charge in [0.15, 0.2) is 6.10 Å². The highest BCUT2D eigenvalue weighted by Crippen LogP contribution is 2.17. The van der Waals surface area contributed by atoms with E-state index in [0.717, 1.165) is 5.56 Å². The van der Waals surface area contributed by atoms with Crippen molar-refractivity contribution in [2.24, 2.45) is 0 Å². The fourth-order valence-corrected chi connectivity index (χ4v) is 1.45. The highest BCUT2D eigenvalue weighted by atomic mass is 16.5. The highest BCUT2D eigenvalue weighted by molar-refractivity contribution is 5.83. The lowest BCUT2D eigenvalue weighted by molar-refractivity contribution is 0.0497. The van der Waals surface area contributed by atoms with Gasteiger partial charge in [-0.05, 0) is 5.56 Å². The maximum Gasteiger partial charge on any atom is 0.282 e.